The largest absolute Gasteiger partial charge is 0.488 e. The second-order valence-electron chi connectivity index (χ2n) is 8.08. The summed E-state index contributed by atoms with van der Waals surface area (Å²) < 4.78 is 12.0. The smallest absolute Gasteiger partial charge is 0.219 e. The van der Waals surface area contributed by atoms with Crippen LogP contribution >= 0.6 is 11.6 Å². The van der Waals surface area contributed by atoms with Gasteiger partial charge < -0.3 is 19.7 Å². The minimum Gasteiger partial charge on any atom is -0.488 e. The van der Waals surface area contributed by atoms with Crippen LogP contribution in [0.4, 0.5) is 11.5 Å². The third-order valence-corrected chi connectivity index (χ3v) is 5.61. The predicted octanol–water partition coefficient (Wildman–Crippen LogP) is 5.25. The van der Waals surface area contributed by atoms with Crippen LogP contribution in [0.25, 0.3) is 10.9 Å². The van der Waals surface area contributed by atoms with Crippen LogP contribution < -0.4 is 14.8 Å². The molecule has 1 amide bonds. The van der Waals surface area contributed by atoms with E-state index in [1.165, 1.54) is 13.3 Å². The summed E-state index contributed by atoms with van der Waals surface area (Å²) in [6, 6.07) is 16.7. The fourth-order valence-electron chi connectivity index (χ4n) is 3.51. The van der Waals surface area contributed by atoms with Gasteiger partial charge in [0.05, 0.1) is 28.2 Å². The molecular formula is C26H26ClN5O3. The van der Waals surface area contributed by atoms with E-state index in [1.807, 2.05) is 49.4 Å². The van der Waals surface area contributed by atoms with E-state index < -0.39 is 0 Å². The molecule has 0 saturated heterocycles. The topological polar surface area (TPSA) is 89.5 Å². The lowest BCUT2D eigenvalue weighted by atomic mass is 10.2. The number of hydrogen-bond acceptors (Lipinski definition) is 7. The summed E-state index contributed by atoms with van der Waals surface area (Å²) in [7, 11) is 1.74. The molecule has 35 heavy (non-hydrogen) atoms. The Morgan fingerprint density at radius 1 is 1.09 bits per heavy atom. The van der Waals surface area contributed by atoms with Gasteiger partial charge in [0, 0.05) is 25.9 Å². The van der Waals surface area contributed by atoms with Crippen LogP contribution in [0.5, 0.6) is 11.5 Å². The first kappa shape index (κ1) is 24.2. The first-order chi connectivity index (χ1) is 16.9. The van der Waals surface area contributed by atoms with Crippen LogP contribution in [0.2, 0.25) is 5.02 Å². The summed E-state index contributed by atoms with van der Waals surface area (Å²) >= 11 is 6.48. The van der Waals surface area contributed by atoms with Crippen molar-refractivity contribution < 1.29 is 14.3 Å². The Balaban J connectivity index is 1.54. The quantitative estimate of drug-likeness (QED) is 0.342. The molecule has 0 aliphatic heterocycles. The number of nitrogens with zero attached hydrogens (tertiary/aromatic N) is 4. The van der Waals surface area contributed by atoms with Crippen molar-refractivity contribution in [1.29, 1.82) is 0 Å². The molecule has 0 saturated carbocycles. The summed E-state index contributed by atoms with van der Waals surface area (Å²) in [5.41, 5.74) is 2.28. The molecule has 180 valence electrons. The zero-order valence-electron chi connectivity index (χ0n) is 19.7. The third-order valence-electron chi connectivity index (χ3n) is 5.32. The highest BCUT2D eigenvalue weighted by molar-refractivity contribution is 6.32. The number of nitrogens with one attached hydrogen (secondary N) is 1. The number of halogens is 1. The van der Waals surface area contributed by atoms with E-state index in [9.17, 15) is 4.79 Å². The number of carbonyl (C=O) groups is 1. The van der Waals surface area contributed by atoms with Gasteiger partial charge in [0.15, 0.2) is 0 Å². The molecular weight excluding hydrogens is 466 g/mol. The maximum absolute atomic E-state index is 11.6. The number of hydrogen-bond donors (Lipinski definition) is 1. The second kappa shape index (κ2) is 11.0. The molecule has 0 spiro atoms. The lowest BCUT2D eigenvalue weighted by Crippen LogP contribution is -2.34. The van der Waals surface area contributed by atoms with E-state index in [0.717, 1.165) is 22.3 Å². The van der Waals surface area contributed by atoms with Crippen molar-refractivity contribution in [3.63, 3.8) is 0 Å². The minimum absolute atomic E-state index is 0.0200. The monoisotopic (exact) mass is 491 g/mol. The number of ether oxygens (including phenoxy) is 2. The zero-order chi connectivity index (χ0) is 24.8. The molecule has 1 atom stereocenters. The Kier molecular flexibility index (Phi) is 7.62. The van der Waals surface area contributed by atoms with Gasteiger partial charge in [-0.3, -0.25) is 9.78 Å². The highest BCUT2D eigenvalue weighted by atomic mass is 35.5. The highest BCUT2D eigenvalue weighted by Crippen LogP contribution is 2.34. The van der Waals surface area contributed by atoms with Crippen molar-refractivity contribution in [3.8, 4) is 11.5 Å². The van der Waals surface area contributed by atoms with Crippen molar-refractivity contribution in [2.24, 2.45) is 0 Å². The van der Waals surface area contributed by atoms with E-state index in [4.69, 9.17) is 21.1 Å². The first-order valence-corrected chi connectivity index (χ1v) is 11.5. The number of benzene rings is 2. The number of carbonyl (C=O) groups excluding carboxylic acids is 1. The number of amides is 1. The van der Waals surface area contributed by atoms with Crippen LogP contribution in [0.1, 0.15) is 19.5 Å². The van der Waals surface area contributed by atoms with Gasteiger partial charge in [0.1, 0.15) is 36.4 Å². The summed E-state index contributed by atoms with van der Waals surface area (Å²) in [5.74, 6) is 1.74. The van der Waals surface area contributed by atoms with Crippen molar-refractivity contribution in [1.82, 2.24) is 19.9 Å². The normalized spacial score (nSPS) is 11.7. The summed E-state index contributed by atoms with van der Waals surface area (Å²) in [6.07, 6.45) is 2.99. The van der Waals surface area contributed by atoms with Gasteiger partial charge >= 0.3 is 0 Å². The Morgan fingerprint density at radius 2 is 1.94 bits per heavy atom. The lowest BCUT2D eigenvalue weighted by Gasteiger charge is -2.22. The van der Waals surface area contributed by atoms with Crippen molar-refractivity contribution in [3.05, 3.63) is 77.8 Å². The maximum atomic E-state index is 11.6. The molecule has 0 bridgehead atoms. The number of likely N-dealkylation sites (N-methyl/N-ethyl adjacent to an activating group) is 1. The van der Waals surface area contributed by atoms with Gasteiger partial charge in [-0.05, 0) is 49.4 Å². The Bertz CT molecular complexity index is 1310. The van der Waals surface area contributed by atoms with Crippen LogP contribution in [-0.4, -0.2) is 45.5 Å². The van der Waals surface area contributed by atoms with Crippen LogP contribution in [0.3, 0.4) is 0 Å². The first-order valence-electron chi connectivity index (χ1n) is 11.1. The van der Waals surface area contributed by atoms with E-state index >= 15 is 0 Å². The lowest BCUT2D eigenvalue weighted by molar-refractivity contribution is -0.128. The van der Waals surface area contributed by atoms with Crippen molar-refractivity contribution in [2.75, 3.05) is 18.9 Å². The molecule has 9 heteroatoms. The van der Waals surface area contributed by atoms with E-state index in [1.54, 1.807) is 30.3 Å². The molecule has 8 nitrogen and oxygen atoms in total. The fraction of sp³-hybridized carbons (Fsp3) is 0.231. The third kappa shape index (κ3) is 6.16. The SMILES string of the molecule is CC(=O)N(C)C[C@@H](C)Oc1cccc2ncnc(Nc3ccc(OCc4ccccn4)c(Cl)c3)c12. The van der Waals surface area contributed by atoms with Gasteiger partial charge in [-0.2, -0.15) is 0 Å². The van der Waals surface area contributed by atoms with E-state index in [-0.39, 0.29) is 12.0 Å². The molecule has 2 heterocycles. The molecule has 0 unspecified atom stereocenters. The van der Waals surface area contributed by atoms with Crippen molar-refractivity contribution >= 4 is 39.9 Å². The van der Waals surface area contributed by atoms with Crippen LogP contribution in [0, 0.1) is 0 Å². The summed E-state index contributed by atoms with van der Waals surface area (Å²) in [6.45, 7) is 4.22. The predicted molar refractivity (Wildman–Crippen MR) is 136 cm³/mol. The minimum atomic E-state index is -0.229. The number of anilines is 2. The molecule has 1 N–H and O–H groups in total. The van der Waals surface area contributed by atoms with Gasteiger partial charge in [0.2, 0.25) is 5.91 Å². The Hall–Kier alpha value is -3.91. The Labute approximate surface area is 208 Å². The standard InChI is InChI=1S/C26H26ClN5O3/c1-17(14-32(3)18(2)33)35-24-9-6-8-22-25(24)26(30-16-29-22)31-19-10-11-23(21(27)13-19)34-15-20-7-4-5-12-28-20/h4-13,16-17H,14-15H2,1-3H3,(H,29,30,31)/t17-/m1/s1. The highest BCUT2D eigenvalue weighted by Gasteiger charge is 2.15. The number of rotatable bonds is 9. The Morgan fingerprint density at radius 3 is 2.69 bits per heavy atom. The van der Waals surface area contributed by atoms with Crippen molar-refractivity contribution in [2.45, 2.75) is 26.6 Å². The van der Waals surface area contributed by atoms with Gasteiger partial charge in [-0.15, -0.1) is 0 Å². The average molecular weight is 492 g/mol. The molecule has 0 fully saturated rings. The molecule has 0 radical (unpaired) electrons. The van der Waals surface area contributed by atoms with E-state index in [2.05, 4.69) is 20.3 Å². The number of aromatic nitrogens is 3. The number of pyridine rings is 1. The molecule has 4 rings (SSSR count). The molecule has 4 aromatic rings. The molecule has 0 aliphatic carbocycles. The van der Waals surface area contributed by atoms with Gasteiger partial charge in [-0.1, -0.05) is 23.7 Å². The summed E-state index contributed by atoms with van der Waals surface area (Å²) in [5, 5.41) is 4.51. The maximum Gasteiger partial charge on any atom is 0.219 e. The van der Waals surface area contributed by atoms with E-state index in [0.29, 0.717) is 35.5 Å². The van der Waals surface area contributed by atoms with Gasteiger partial charge in [-0.25, -0.2) is 9.97 Å². The molecule has 2 aromatic carbocycles. The molecule has 0 aliphatic rings. The average Bonchev–Trinajstić information content (AvgIpc) is 2.84. The number of fused-ring (bicyclic) bond motifs is 1. The second-order valence-corrected chi connectivity index (χ2v) is 8.49. The zero-order valence-corrected chi connectivity index (χ0v) is 20.5. The fourth-order valence-corrected chi connectivity index (χ4v) is 3.74. The van der Waals surface area contributed by atoms with Crippen LogP contribution in [0.15, 0.2) is 67.1 Å². The van der Waals surface area contributed by atoms with Crippen LogP contribution in [-0.2, 0) is 11.4 Å². The molecule has 2 aromatic heterocycles. The van der Waals surface area contributed by atoms with Gasteiger partial charge in [0.25, 0.3) is 0 Å². The summed E-state index contributed by atoms with van der Waals surface area (Å²) in [4.78, 5) is 26.3.